The summed E-state index contributed by atoms with van der Waals surface area (Å²) >= 11 is 9.17. The van der Waals surface area contributed by atoms with E-state index in [-0.39, 0.29) is 23.6 Å². The molecule has 0 aliphatic carbocycles. The van der Waals surface area contributed by atoms with Crippen LogP contribution in [0.3, 0.4) is 0 Å². The molecule has 0 unspecified atom stereocenters. The molecule has 6 nitrogen and oxygen atoms in total. The molecule has 1 fully saturated rings. The van der Waals surface area contributed by atoms with Gasteiger partial charge in [-0.15, -0.1) is 0 Å². The zero-order valence-corrected chi connectivity index (χ0v) is 15.8. The maximum absolute atomic E-state index is 12.8. The third kappa shape index (κ3) is 4.05. The van der Waals surface area contributed by atoms with Crippen LogP contribution in [0.15, 0.2) is 46.0 Å². The van der Waals surface area contributed by atoms with Gasteiger partial charge in [-0.1, -0.05) is 17.7 Å². The van der Waals surface area contributed by atoms with Gasteiger partial charge in [-0.2, -0.15) is 4.31 Å². The van der Waals surface area contributed by atoms with Crippen LogP contribution in [0.2, 0.25) is 5.02 Å². The van der Waals surface area contributed by atoms with Gasteiger partial charge in [0.25, 0.3) is 0 Å². The lowest BCUT2D eigenvalue weighted by atomic mass is 10.1. The second-order valence-electron chi connectivity index (χ2n) is 5.39. The number of ether oxygens (including phenoxy) is 1. The number of hydrogen-bond donors (Lipinski definition) is 0. The number of piperidine rings is 1. The number of sulfonamides is 1. The van der Waals surface area contributed by atoms with Crippen LogP contribution in [-0.4, -0.2) is 41.9 Å². The third-order valence-electron chi connectivity index (χ3n) is 3.64. The summed E-state index contributed by atoms with van der Waals surface area (Å²) in [7, 11) is -3.60. The fourth-order valence-electron chi connectivity index (χ4n) is 2.51. The van der Waals surface area contributed by atoms with Crippen molar-refractivity contribution in [3.63, 3.8) is 0 Å². The van der Waals surface area contributed by atoms with Gasteiger partial charge in [0, 0.05) is 24.0 Å². The number of halogens is 2. The van der Waals surface area contributed by atoms with Crippen molar-refractivity contribution in [2.45, 2.75) is 23.8 Å². The van der Waals surface area contributed by atoms with Crippen molar-refractivity contribution in [2.24, 2.45) is 0 Å². The van der Waals surface area contributed by atoms with E-state index in [4.69, 9.17) is 16.3 Å². The molecule has 1 aromatic heterocycles. The second-order valence-corrected chi connectivity index (χ2v) is 8.68. The average molecular weight is 433 g/mol. The van der Waals surface area contributed by atoms with Crippen LogP contribution in [0.1, 0.15) is 12.8 Å². The SMILES string of the molecule is O=S(=O)(c1cccc(Cl)c1)N1CCC[C@@H](Oc2ncc(Br)cn2)C1. The zero-order valence-electron chi connectivity index (χ0n) is 12.6. The van der Waals surface area contributed by atoms with E-state index in [1.165, 1.54) is 10.4 Å². The van der Waals surface area contributed by atoms with Crippen LogP contribution in [-0.2, 0) is 10.0 Å². The Bertz CT molecular complexity index is 817. The summed E-state index contributed by atoms with van der Waals surface area (Å²) in [6.45, 7) is 0.712. The van der Waals surface area contributed by atoms with Crippen molar-refractivity contribution in [1.82, 2.24) is 14.3 Å². The number of nitrogens with zero attached hydrogens (tertiary/aromatic N) is 3. The van der Waals surface area contributed by atoms with E-state index in [1.807, 2.05) is 0 Å². The van der Waals surface area contributed by atoms with Gasteiger partial charge < -0.3 is 4.74 Å². The Balaban J connectivity index is 1.74. The smallest absolute Gasteiger partial charge is 0.316 e. The van der Waals surface area contributed by atoms with Gasteiger partial charge >= 0.3 is 6.01 Å². The van der Waals surface area contributed by atoms with Crippen molar-refractivity contribution in [3.8, 4) is 6.01 Å². The summed E-state index contributed by atoms with van der Waals surface area (Å²) in [6.07, 6.45) is 4.35. The molecule has 0 radical (unpaired) electrons. The highest BCUT2D eigenvalue weighted by Gasteiger charge is 2.31. The summed E-state index contributed by atoms with van der Waals surface area (Å²) in [5.74, 6) is 0. The maximum Gasteiger partial charge on any atom is 0.316 e. The van der Waals surface area contributed by atoms with Gasteiger partial charge in [0.1, 0.15) is 6.10 Å². The maximum atomic E-state index is 12.8. The number of benzene rings is 1. The highest BCUT2D eigenvalue weighted by molar-refractivity contribution is 9.10. The molecule has 0 spiro atoms. The van der Waals surface area contributed by atoms with Crippen molar-refractivity contribution < 1.29 is 13.2 Å². The largest absolute Gasteiger partial charge is 0.459 e. The molecule has 0 amide bonds. The second kappa shape index (κ2) is 7.35. The van der Waals surface area contributed by atoms with E-state index in [0.29, 0.717) is 18.0 Å². The Labute approximate surface area is 154 Å². The van der Waals surface area contributed by atoms with Crippen LogP contribution < -0.4 is 4.74 Å². The van der Waals surface area contributed by atoms with Crippen LogP contribution in [0.5, 0.6) is 6.01 Å². The zero-order chi connectivity index (χ0) is 17.2. The van der Waals surface area contributed by atoms with E-state index in [0.717, 1.165) is 10.9 Å². The quantitative estimate of drug-likeness (QED) is 0.742. The molecule has 0 bridgehead atoms. The minimum Gasteiger partial charge on any atom is -0.459 e. The fourth-order valence-corrected chi connectivity index (χ4v) is 4.52. The predicted octanol–water partition coefficient (Wildman–Crippen LogP) is 3.12. The van der Waals surface area contributed by atoms with Crippen LogP contribution >= 0.6 is 27.5 Å². The van der Waals surface area contributed by atoms with Crippen molar-refractivity contribution in [2.75, 3.05) is 13.1 Å². The molecule has 128 valence electrons. The van der Waals surface area contributed by atoms with Crippen molar-refractivity contribution in [1.29, 1.82) is 0 Å². The first-order chi connectivity index (χ1) is 11.4. The topological polar surface area (TPSA) is 72.4 Å². The average Bonchev–Trinajstić information content (AvgIpc) is 2.57. The third-order valence-corrected chi connectivity index (χ3v) is 6.15. The molecule has 9 heteroatoms. The molecule has 1 aliphatic heterocycles. The van der Waals surface area contributed by atoms with E-state index < -0.39 is 10.0 Å². The monoisotopic (exact) mass is 431 g/mol. The Hall–Kier alpha value is -1.22. The minimum atomic E-state index is -3.60. The standard InChI is InChI=1S/C15H15BrClN3O3S/c16-11-8-18-15(19-9-11)23-13-4-2-6-20(10-13)24(21,22)14-5-1-3-12(17)7-14/h1,3,5,7-9,13H,2,4,6,10H2/t13-/m1/s1. The lowest BCUT2D eigenvalue weighted by Crippen LogP contribution is -2.44. The molecule has 1 aromatic carbocycles. The van der Waals surface area contributed by atoms with Gasteiger partial charge in [0.2, 0.25) is 10.0 Å². The first kappa shape index (κ1) is 17.6. The lowest BCUT2D eigenvalue weighted by Gasteiger charge is -2.31. The van der Waals surface area contributed by atoms with Gasteiger partial charge in [-0.3, -0.25) is 0 Å². The summed E-state index contributed by atoms with van der Waals surface area (Å²) in [4.78, 5) is 8.32. The normalized spacial score (nSPS) is 19.2. The van der Waals surface area contributed by atoms with Crippen molar-refractivity contribution in [3.05, 3.63) is 46.2 Å². The van der Waals surface area contributed by atoms with Gasteiger partial charge in [0.15, 0.2) is 0 Å². The highest BCUT2D eigenvalue weighted by Crippen LogP contribution is 2.24. The Kier molecular flexibility index (Phi) is 5.39. The molecule has 0 saturated carbocycles. The fraction of sp³-hybridized carbons (Fsp3) is 0.333. The minimum absolute atomic E-state index is 0.190. The molecule has 1 atom stereocenters. The van der Waals surface area contributed by atoms with Crippen LogP contribution in [0.4, 0.5) is 0 Å². The molecule has 0 N–H and O–H groups in total. The molecule has 1 aliphatic rings. The molecular weight excluding hydrogens is 418 g/mol. The van der Waals surface area contributed by atoms with Crippen molar-refractivity contribution >= 4 is 37.6 Å². The number of rotatable bonds is 4. The first-order valence-corrected chi connectivity index (χ1v) is 9.96. The van der Waals surface area contributed by atoms with Crippen LogP contribution in [0.25, 0.3) is 0 Å². The molecule has 3 rings (SSSR count). The lowest BCUT2D eigenvalue weighted by molar-refractivity contribution is 0.119. The Morgan fingerprint density at radius 2 is 2.04 bits per heavy atom. The molecule has 24 heavy (non-hydrogen) atoms. The predicted molar refractivity (Wildman–Crippen MR) is 93.6 cm³/mol. The summed E-state index contributed by atoms with van der Waals surface area (Å²) in [6, 6.07) is 6.52. The highest BCUT2D eigenvalue weighted by atomic mass is 79.9. The van der Waals surface area contributed by atoms with E-state index in [9.17, 15) is 8.42 Å². The Morgan fingerprint density at radius 3 is 2.75 bits per heavy atom. The molecule has 1 saturated heterocycles. The summed E-state index contributed by atoms with van der Waals surface area (Å²) < 4.78 is 33.4. The number of hydrogen-bond acceptors (Lipinski definition) is 5. The van der Waals surface area contributed by atoms with Gasteiger partial charge in [-0.25, -0.2) is 18.4 Å². The molecule has 2 aromatic rings. The van der Waals surface area contributed by atoms with E-state index >= 15 is 0 Å². The molecular formula is C15H15BrClN3O3S. The van der Waals surface area contributed by atoms with Gasteiger partial charge in [0.05, 0.1) is 15.9 Å². The van der Waals surface area contributed by atoms with Gasteiger partial charge in [-0.05, 0) is 47.0 Å². The van der Waals surface area contributed by atoms with E-state index in [1.54, 1.807) is 30.6 Å². The molecule has 2 heterocycles. The summed E-state index contributed by atoms with van der Waals surface area (Å²) in [5.41, 5.74) is 0. The number of aromatic nitrogens is 2. The van der Waals surface area contributed by atoms with Crippen LogP contribution in [0, 0.1) is 0 Å². The summed E-state index contributed by atoms with van der Waals surface area (Å²) in [5, 5.41) is 0.393. The van der Waals surface area contributed by atoms with E-state index in [2.05, 4.69) is 25.9 Å². The first-order valence-electron chi connectivity index (χ1n) is 7.35. The Morgan fingerprint density at radius 1 is 1.29 bits per heavy atom.